The maximum absolute atomic E-state index is 12.7. The van der Waals surface area contributed by atoms with Gasteiger partial charge in [-0.25, -0.2) is 0 Å². The maximum Gasteiger partial charge on any atom is 0.255 e. The number of hydrogen-bond acceptors (Lipinski definition) is 4. The van der Waals surface area contributed by atoms with Crippen LogP contribution in [0.25, 0.3) is 0 Å². The molecule has 2 aromatic rings. The Hall–Kier alpha value is -3.48. The van der Waals surface area contributed by atoms with Gasteiger partial charge in [0.05, 0.1) is 6.42 Å². The van der Waals surface area contributed by atoms with Gasteiger partial charge in [0.2, 0.25) is 17.7 Å². The van der Waals surface area contributed by atoms with E-state index in [1.54, 1.807) is 18.2 Å². The molecule has 2 aliphatic rings. The predicted molar refractivity (Wildman–Crippen MR) is 101 cm³/mol. The summed E-state index contributed by atoms with van der Waals surface area (Å²) >= 11 is 0. The summed E-state index contributed by atoms with van der Waals surface area (Å²) < 4.78 is 0. The molecule has 2 N–H and O–H groups in total. The molecule has 2 aromatic carbocycles. The van der Waals surface area contributed by atoms with Gasteiger partial charge in [0.25, 0.3) is 5.91 Å². The molecule has 7 nitrogen and oxygen atoms in total. The second kappa shape index (κ2) is 7.26. The van der Waals surface area contributed by atoms with Gasteiger partial charge < -0.3 is 10.2 Å². The molecule has 0 saturated carbocycles. The monoisotopic (exact) mass is 377 g/mol. The number of anilines is 1. The number of carbonyl (C=O) groups excluding carboxylic acids is 4. The molecule has 0 aromatic heterocycles. The van der Waals surface area contributed by atoms with Gasteiger partial charge in [-0.1, -0.05) is 30.3 Å². The van der Waals surface area contributed by atoms with Crippen LogP contribution in [0.5, 0.6) is 0 Å². The number of nitrogens with one attached hydrogen (secondary N) is 2. The fraction of sp³-hybridized carbons (Fsp3) is 0.238. The van der Waals surface area contributed by atoms with E-state index in [9.17, 15) is 19.2 Å². The number of carbonyl (C=O) groups is 4. The molecule has 1 saturated heterocycles. The molecule has 0 aliphatic carbocycles. The summed E-state index contributed by atoms with van der Waals surface area (Å²) in [5.41, 5.74) is 2.80. The number of imide groups is 1. The Kier molecular flexibility index (Phi) is 4.65. The second-order valence-electron chi connectivity index (χ2n) is 6.98. The van der Waals surface area contributed by atoms with Crippen molar-refractivity contribution in [2.45, 2.75) is 31.8 Å². The van der Waals surface area contributed by atoms with E-state index in [0.717, 1.165) is 11.1 Å². The molecule has 1 fully saturated rings. The molecule has 4 amide bonds. The number of fused-ring (bicyclic) bond motifs is 1. The molecule has 0 bridgehead atoms. The molecule has 4 rings (SSSR count). The third-order valence-corrected chi connectivity index (χ3v) is 5.01. The van der Waals surface area contributed by atoms with Gasteiger partial charge in [-0.2, -0.15) is 0 Å². The van der Waals surface area contributed by atoms with Gasteiger partial charge in [0.1, 0.15) is 6.04 Å². The van der Waals surface area contributed by atoms with E-state index in [0.29, 0.717) is 17.7 Å². The van der Waals surface area contributed by atoms with Crippen molar-refractivity contribution in [3.05, 3.63) is 65.2 Å². The number of nitrogens with zero attached hydrogens (tertiary/aromatic N) is 1. The van der Waals surface area contributed by atoms with E-state index in [1.807, 2.05) is 30.3 Å². The number of amides is 4. The van der Waals surface area contributed by atoms with Crippen molar-refractivity contribution < 1.29 is 19.2 Å². The highest BCUT2D eigenvalue weighted by molar-refractivity contribution is 6.05. The average molecular weight is 377 g/mol. The van der Waals surface area contributed by atoms with Crippen molar-refractivity contribution in [3.63, 3.8) is 0 Å². The average Bonchev–Trinajstić information content (AvgIpc) is 2.98. The second-order valence-corrected chi connectivity index (χ2v) is 6.98. The lowest BCUT2D eigenvalue weighted by Gasteiger charge is -2.29. The molecule has 1 unspecified atom stereocenters. The van der Waals surface area contributed by atoms with Crippen molar-refractivity contribution in [1.82, 2.24) is 10.2 Å². The molecule has 7 heteroatoms. The number of rotatable bonds is 4. The molecule has 142 valence electrons. The van der Waals surface area contributed by atoms with Crippen LogP contribution in [0.15, 0.2) is 48.5 Å². The highest BCUT2D eigenvalue weighted by atomic mass is 16.2. The van der Waals surface area contributed by atoms with Crippen LogP contribution in [0.3, 0.4) is 0 Å². The Morgan fingerprint density at radius 2 is 1.89 bits per heavy atom. The summed E-state index contributed by atoms with van der Waals surface area (Å²) in [7, 11) is 0. The van der Waals surface area contributed by atoms with Gasteiger partial charge in [0.15, 0.2) is 0 Å². The van der Waals surface area contributed by atoms with Crippen LogP contribution in [0.2, 0.25) is 0 Å². The minimum atomic E-state index is -0.645. The van der Waals surface area contributed by atoms with Crippen molar-refractivity contribution in [1.29, 1.82) is 0 Å². The first kappa shape index (κ1) is 17.9. The first-order valence-corrected chi connectivity index (χ1v) is 9.12. The Bertz CT molecular complexity index is 971. The van der Waals surface area contributed by atoms with E-state index >= 15 is 0 Å². The van der Waals surface area contributed by atoms with Gasteiger partial charge in [-0.05, 0) is 35.7 Å². The third kappa shape index (κ3) is 3.51. The number of benzene rings is 2. The lowest BCUT2D eigenvalue weighted by Crippen LogP contribution is -2.52. The van der Waals surface area contributed by atoms with Gasteiger partial charge in [-0.3, -0.25) is 24.5 Å². The van der Waals surface area contributed by atoms with Crippen LogP contribution < -0.4 is 10.6 Å². The largest absolute Gasteiger partial charge is 0.326 e. The molecular weight excluding hydrogens is 358 g/mol. The molecular formula is C21H19N3O4. The Labute approximate surface area is 161 Å². The van der Waals surface area contributed by atoms with Crippen LogP contribution >= 0.6 is 0 Å². The van der Waals surface area contributed by atoms with E-state index in [2.05, 4.69) is 10.6 Å². The molecule has 28 heavy (non-hydrogen) atoms. The van der Waals surface area contributed by atoms with Gasteiger partial charge in [-0.15, -0.1) is 0 Å². The Morgan fingerprint density at radius 3 is 2.64 bits per heavy atom. The van der Waals surface area contributed by atoms with Crippen LogP contribution in [-0.2, 0) is 27.3 Å². The minimum absolute atomic E-state index is 0.141. The first-order valence-electron chi connectivity index (χ1n) is 9.12. The molecule has 2 heterocycles. The van der Waals surface area contributed by atoms with Crippen molar-refractivity contribution >= 4 is 29.3 Å². The quantitative estimate of drug-likeness (QED) is 0.792. The topological polar surface area (TPSA) is 95.6 Å². The highest BCUT2D eigenvalue weighted by Gasteiger charge is 2.39. The zero-order valence-corrected chi connectivity index (χ0v) is 15.1. The summed E-state index contributed by atoms with van der Waals surface area (Å²) in [4.78, 5) is 49.8. The Morgan fingerprint density at radius 1 is 1.11 bits per heavy atom. The van der Waals surface area contributed by atoms with Crippen molar-refractivity contribution in [3.8, 4) is 0 Å². The van der Waals surface area contributed by atoms with Crippen LogP contribution in [0, 0.1) is 0 Å². The number of piperidine rings is 1. The summed E-state index contributed by atoms with van der Waals surface area (Å²) in [6, 6.07) is 13.9. The maximum atomic E-state index is 12.7. The number of hydrogen-bond donors (Lipinski definition) is 2. The van der Waals surface area contributed by atoms with Gasteiger partial charge >= 0.3 is 0 Å². The molecule has 1 atom stereocenters. The zero-order chi connectivity index (χ0) is 19.7. The van der Waals surface area contributed by atoms with Crippen molar-refractivity contribution in [2.24, 2.45) is 0 Å². The molecule has 0 radical (unpaired) electrons. The Balaban J connectivity index is 1.45. The summed E-state index contributed by atoms with van der Waals surface area (Å²) in [5.74, 6) is -1.12. The van der Waals surface area contributed by atoms with E-state index < -0.39 is 11.9 Å². The third-order valence-electron chi connectivity index (χ3n) is 5.01. The highest BCUT2D eigenvalue weighted by Crippen LogP contribution is 2.29. The predicted octanol–water partition coefficient (Wildman–Crippen LogP) is 1.63. The molecule has 0 spiro atoms. The van der Waals surface area contributed by atoms with Crippen LogP contribution in [0.1, 0.15) is 34.3 Å². The fourth-order valence-corrected chi connectivity index (χ4v) is 3.64. The van der Waals surface area contributed by atoms with E-state index in [4.69, 9.17) is 0 Å². The van der Waals surface area contributed by atoms with Crippen LogP contribution in [0.4, 0.5) is 5.69 Å². The van der Waals surface area contributed by atoms with Crippen LogP contribution in [-0.4, -0.2) is 34.6 Å². The standard InChI is InChI=1S/C21H19N3O4/c25-18-9-8-17(20(27)23-18)24-12-14-11-15(6-7-16(14)21(24)28)22-19(26)10-13-4-2-1-3-5-13/h1-7,11,17H,8-10,12H2,(H,22,26)(H,23,25,27). The van der Waals surface area contributed by atoms with Gasteiger partial charge in [0, 0.05) is 24.2 Å². The SMILES string of the molecule is O=C1CCC(N2Cc3cc(NC(=O)Cc4ccccc4)ccc3C2=O)C(=O)N1. The summed E-state index contributed by atoms with van der Waals surface area (Å²) in [5, 5.41) is 5.14. The van der Waals surface area contributed by atoms with E-state index in [-0.39, 0.29) is 37.1 Å². The summed E-state index contributed by atoms with van der Waals surface area (Å²) in [6.45, 7) is 0.281. The fourth-order valence-electron chi connectivity index (χ4n) is 3.64. The first-order chi connectivity index (χ1) is 13.5. The lowest BCUT2D eigenvalue weighted by molar-refractivity contribution is -0.137. The van der Waals surface area contributed by atoms with Crippen molar-refractivity contribution in [2.75, 3.05) is 5.32 Å². The molecule has 2 aliphatic heterocycles. The van der Waals surface area contributed by atoms with E-state index in [1.165, 1.54) is 4.90 Å². The minimum Gasteiger partial charge on any atom is -0.326 e. The normalized spacial score (nSPS) is 18.6. The lowest BCUT2D eigenvalue weighted by atomic mass is 10.0. The smallest absolute Gasteiger partial charge is 0.255 e. The zero-order valence-electron chi connectivity index (χ0n) is 15.1. The summed E-state index contributed by atoms with van der Waals surface area (Å²) in [6.07, 6.45) is 0.807.